The predicted octanol–water partition coefficient (Wildman–Crippen LogP) is 1.40. The average molecular weight is 244 g/mol. The number of methoxy groups -OCH3 is 1. The number of hydrogen-bond donors (Lipinski definition) is 2. The van der Waals surface area contributed by atoms with E-state index in [1.807, 2.05) is 0 Å². The van der Waals surface area contributed by atoms with Gasteiger partial charge in [-0.15, -0.1) is 0 Å². The summed E-state index contributed by atoms with van der Waals surface area (Å²) in [6.45, 7) is 0.660. The maximum Gasteiger partial charge on any atom is 0.407 e. The summed E-state index contributed by atoms with van der Waals surface area (Å²) in [5.41, 5.74) is 0. The molecule has 1 saturated carbocycles. The number of ether oxygens (including phenoxy) is 2. The van der Waals surface area contributed by atoms with E-state index in [9.17, 15) is 9.59 Å². The standard InChI is InChI=1S/C11H20N2O4/c1-16-10(14)12-7-8-13-11(15)17-9-5-3-2-4-6-9/h9H,2-8H2,1H3,(H,12,14)(H,13,15). The number of carbonyl (C=O) groups excluding carboxylic acids is 2. The van der Waals surface area contributed by atoms with Crippen molar-refractivity contribution in [3.63, 3.8) is 0 Å². The Labute approximate surface area is 101 Å². The maximum absolute atomic E-state index is 11.3. The van der Waals surface area contributed by atoms with Gasteiger partial charge < -0.3 is 20.1 Å². The van der Waals surface area contributed by atoms with Crippen LogP contribution in [-0.2, 0) is 9.47 Å². The fraction of sp³-hybridized carbons (Fsp3) is 0.818. The third-order valence-electron chi connectivity index (χ3n) is 2.67. The van der Waals surface area contributed by atoms with E-state index in [4.69, 9.17) is 4.74 Å². The van der Waals surface area contributed by atoms with E-state index in [1.165, 1.54) is 13.5 Å². The molecule has 1 aliphatic carbocycles. The maximum atomic E-state index is 11.3. The fourth-order valence-corrected chi connectivity index (χ4v) is 1.78. The third-order valence-corrected chi connectivity index (χ3v) is 2.67. The molecular weight excluding hydrogens is 224 g/mol. The van der Waals surface area contributed by atoms with Crippen molar-refractivity contribution in [2.75, 3.05) is 20.2 Å². The Kier molecular flexibility index (Phi) is 6.21. The second-order valence-electron chi connectivity index (χ2n) is 4.01. The first-order valence-electron chi connectivity index (χ1n) is 5.98. The van der Waals surface area contributed by atoms with Gasteiger partial charge in [-0.1, -0.05) is 6.42 Å². The van der Waals surface area contributed by atoms with Gasteiger partial charge in [-0.25, -0.2) is 9.59 Å². The topological polar surface area (TPSA) is 76.7 Å². The van der Waals surface area contributed by atoms with Crippen LogP contribution in [0.4, 0.5) is 9.59 Å². The highest BCUT2D eigenvalue weighted by Crippen LogP contribution is 2.20. The van der Waals surface area contributed by atoms with Crippen molar-refractivity contribution in [1.82, 2.24) is 10.6 Å². The molecule has 0 heterocycles. The first-order chi connectivity index (χ1) is 8.22. The normalized spacial score (nSPS) is 16.1. The summed E-state index contributed by atoms with van der Waals surface area (Å²) in [6.07, 6.45) is 4.52. The SMILES string of the molecule is COC(=O)NCCNC(=O)OC1CCCCC1. The van der Waals surface area contributed by atoms with Crippen LogP contribution in [-0.4, -0.2) is 38.5 Å². The lowest BCUT2D eigenvalue weighted by Crippen LogP contribution is -2.36. The largest absolute Gasteiger partial charge is 0.453 e. The second kappa shape index (κ2) is 7.76. The molecule has 0 aliphatic heterocycles. The quantitative estimate of drug-likeness (QED) is 0.733. The minimum absolute atomic E-state index is 0.0531. The molecule has 0 bridgehead atoms. The summed E-state index contributed by atoms with van der Waals surface area (Å²) in [5.74, 6) is 0. The van der Waals surface area contributed by atoms with Gasteiger partial charge in [-0.3, -0.25) is 0 Å². The van der Waals surface area contributed by atoms with E-state index in [1.54, 1.807) is 0 Å². The Morgan fingerprint density at radius 2 is 1.65 bits per heavy atom. The molecule has 98 valence electrons. The zero-order valence-corrected chi connectivity index (χ0v) is 10.2. The Balaban J connectivity index is 2.02. The average Bonchev–Trinajstić information content (AvgIpc) is 2.35. The number of rotatable bonds is 4. The molecule has 0 saturated heterocycles. The van der Waals surface area contributed by atoms with Crippen LogP contribution in [0.15, 0.2) is 0 Å². The van der Waals surface area contributed by atoms with Gasteiger partial charge in [-0.2, -0.15) is 0 Å². The van der Waals surface area contributed by atoms with Gasteiger partial charge in [0.15, 0.2) is 0 Å². The van der Waals surface area contributed by atoms with Crippen LogP contribution in [0.25, 0.3) is 0 Å². The molecule has 1 rings (SSSR count). The number of amides is 2. The first kappa shape index (κ1) is 13.6. The Hall–Kier alpha value is -1.46. The van der Waals surface area contributed by atoms with Crippen LogP contribution < -0.4 is 10.6 Å². The smallest absolute Gasteiger partial charge is 0.407 e. The van der Waals surface area contributed by atoms with Gasteiger partial charge in [0, 0.05) is 13.1 Å². The van der Waals surface area contributed by atoms with Crippen molar-refractivity contribution in [1.29, 1.82) is 0 Å². The fourth-order valence-electron chi connectivity index (χ4n) is 1.78. The summed E-state index contributed by atoms with van der Waals surface area (Å²) < 4.78 is 9.62. The van der Waals surface area contributed by atoms with E-state index < -0.39 is 12.2 Å². The van der Waals surface area contributed by atoms with Crippen molar-refractivity contribution in [3.05, 3.63) is 0 Å². The highest BCUT2D eigenvalue weighted by Gasteiger charge is 2.17. The van der Waals surface area contributed by atoms with Crippen molar-refractivity contribution in [3.8, 4) is 0 Å². The molecule has 0 aromatic heterocycles. The monoisotopic (exact) mass is 244 g/mol. The van der Waals surface area contributed by atoms with E-state index in [-0.39, 0.29) is 6.10 Å². The van der Waals surface area contributed by atoms with Gasteiger partial charge in [0.2, 0.25) is 0 Å². The van der Waals surface area contributed by atoms with Crippen LogP contribution in [0.2, 0.25) is 0 Å². The lowest BCUT2D eigenvalue weighted by atomic mass is 9.98. The van der Waals surface area contributed by atoms with E-state index >= 15 is 0 Å². The Morgan fingerprint density at radius 3 is 2.24 bits per heavy atom. The molecule has 1 aliphatic rings. The van der Waals surface area contributed by atoms with Crippen molar-refractivity contribution in [2.24, 2.45) is 0 Å². The lowest BCUT2D eigenvalue weighted by Gasteiger charge is -2.21. The zero-order chi connectivity index (χ0) is 12.5. The molecule has 17 heavy (non-hydrogen) atoms. The summed E-state index contributed by atoms with van der Waals surface area (Å²) in [5, 5.41) is 5.04. The Bertz CT molecular complexity index is 252. The van der Waals surface area contributed by atoms with Crippen LogP contribution in [0.3, 0.4) is 0 Å². The molecular formula is C11H20N2O4. The number of nitrogens with one attached hydrogen (secondary N) is 2. The number of hydrogen-bond acceptors (Lipinski definition) is 4. The van der Waals surface area contributed by atoms with Crippen LogP contribution in [0.5, 0.6) is 0 Å². The lowest BCUT2D eigenvalue weighted by molar-refractivity contribution is 0.0754. The van der Waals surface area contributed by atoms with Gasteiger partial charge in [0.25, 0.3) is 0 Å². The minimum atomic E-state index is -0.507. The highest BCUT2D eigenvalue weighted by atomic mass is 16.6. The predicted molar refractivity (Wildman–Crippen MR) is 61.8 cm³/mol. The van der Waals surface area contributed by atoms with Gasteiger partial charge in [0.05, 0.1) is 7.11 Å². The molecule has 6 heteroatoms. The molecule has 0 aromatic carbocycles. The first-order valence-corrected chi connectivity index (χ1v) is 5.98. The van der Waals surface area contributed by atoms with Crippen LogP contribution >= 0.6 is 0 Å². The van der Waals surface area contributed by atoms with Crippen molar-refractivity contribution >= 4 is 12.2 Å². The molecule has 1 fully saturated rings. The summed E-state index contributed by atoms with van der Waals surface area (Å²) in [6, 6.07) is 0. The number of alkyl carbamates (subject to hydrolysis) is 2. The van der Waals surface area contributed by atoms with E-state index in [2.05, 4.69) is 15.4 Å². The van der Waals surface area contributed by atoms with Crippen LogP contribution in [0.1, 0.15) is 32.1 Å². The van der Waals surface area contributed by atoms with Crippen molar-refractivity contribution < 1.29 is 19.1 Å². The molecule has 0 radical (unpaired) electrons. The van der Waals surface area contributed by atoms with Gasteiger partial charge in [0.1, 0.15) is 6.10 Å². The minimum Gasteiger partial charge on any atom is -0.453 e. The molecule has 0 spiro atoms. The van der Waals surface area contributed by atoms with Gasteiger partial charge in [-0.05, 0) is 25.7 Å². The zero-order valence-electron chi connectivity index (χ0n) is 10.2. The third kappa shape index (κ3) is 5.99. The molecule has 0 unspecified atom stereocenters. The number of carbonyl (C=O) groups is 2. The molecule has 6 nitrogen and oxygen atoms in total. The highest BCUT2D eigenvalue weighted by molar-refractivity contribution is 5.68. The second-order valence-corrected chi connectivity index (χ2v) is 4.01. The molecule has 0 atom stereocenters. The van der Waals surface area contributed by atoms with E-state index in [0.29, 0.717) is 13.1 Å². The van der Waals surface area contributed by atoms with E-state index in [0.717, 1.165) is 25.7 Å². The summed E-state index contributed by atoms with van der Waals surface area (Å²) in [4.78, 5) is 22.0. The van der Waals surface area contributed by atoms with Crippen LogP contribution in [0, 0.1) is 0 Å². The van der Waals surface area contributed by atoms with Gasteiger partial charge >= 0.3 is 12.2 Å². The van der Waals surface area contributed by atoms with Crippen molar-refractivity contribution in [2.45, 2.75) is 38.2 Å². The molecule has 2 N–H and O–H groups in total. The summed E-state index contributed by atoms with van der Waals surface area (Å²) >= 11 is 0. The molecule has 2 amide bonds. The summed E-state index contributed by atoms with van der Waals surface area (Å²) in [7, 11) is 1.29. The Morgan fingerprint density at radius 1 is 1.06 bits per heavy atom. The molecule has 0 aromatic rings.